The van der Waals surface area contributed by atoms with Crippen molar-refractivity contribution in [1.29, 1.82) is 0 Å². The third-order valence-corrected chi connectivity index (χ3v) is 3.67. The molecule has 0 aliphatic heterocycles. The normalized spacial score (nSPS) is 10.3. The fraction of sp³-hybridized carbons (Fsp3) is 0.0556. The maximum Gasteiger partial charge on any atom is 0.258 e. The van der Waals surface area contributed by atoms with Gasteiger partial charge < -0.3 is 5.32 Å². The summed E-state index contributed by atoms with van der Waals surface area (Å²) in [7, 11) is 0. The van der Waals surface area contributed by atoms with Gasteiger partial charge in [0.05, 0.1) is 5.56 Å². The Balaban J connectivity index is 1.68. The lowest BCUT2D eigenvalue weighted by molar-refractivity contribution is 0.102. The number of pyridine rings is 2. The van der Waals surface area contributed by atoms with Crippen LogP contribution in [0.5, 0.6) is 0 Å². The minimum absolute atomic E-state index is 0.194. The van der Waals surface area contributed by atoms with Gasteiger partial charge in [0, 0.05) is 24.3 Å². The molecule has 0 radical (unpaired) electrons. The molecular formula is C18H14ClN3O. The average molecular weight is 324 g/mol. The Morgan fingerprint density at radius 3 is 2.35 bits per heavy atom. The molecule has 5 heteroatoms. The number of hydrogen-bond acceptors (Lipinski definition) is 3. The van der Waals surface area contributed by atoms with Gasteiger partial charge in [-0.05, 0) is 53.9 Å². The van der Waals surface area contributed by atoms with Gasteiger partial charge in [-0.1, -0.05) is 23.7 Å². The highest BCUT2D eigenvalue weighted by atomic mass is 35.5. The number of rotatable bonds is 4. The third-order valence-electron chi connectivity index (χ3n) is 3.37. The minimum Gasteiger partial charge on any atom is -0.322 e. The van der Waals surface area contributed by atoms with E-state index in [1.807, 2.05) is 36.4 Å². The lowest BCUT2D eigenvalue weighted by Gasteiger charge is -2.07. The zero-order valence-corrected chi connectivity index (χ0v) is 13.0. The first kappa shape index (κ1) is 15.2. The van der Waals surface area contributed by atoms with Crippen molar-refractivity contribution in [3.63, 3.8) is 0 Å². The second-order valence-corrected chi connectivity index (χ2v) is 5.38. The van der Waals surface area contributed by atoms with Gasteiger partial charge in [0.25, 0.3) is 5.91 Å². The fourth-order valence-corrected chi connectivity index (χ4v) is 2.40. The van der Waals surface area contributed by atoms with E-state index in [4.69, 9.17) is 11.6 Å². The van der Waals surface area contributed by atoms with Crippen LogP contribution in [-0.2, 0) is 6.42 Å². The highest BCUT2D eigenvalue weighted by Gasteiger charge is 2.10. The molecule has 0 atom stereocenters. The average Bonchev–Trinajstić information content (AvgIpc) is 2.58. The molecule has 0 bridgehead atoms. The quantitative estimate of drug-likeness (QED) is 0.739. The Kier molecular flexibility index (Phi) is 4.64. The second kappa shape index (κ2) is 7.03. The van der Waals surface area contributed by atoms with Crippen LogP contribution in [0.15, 0.2) is 67.1 Å². The largest absolute Gasteiger partial charge is 0.322 e. The predicted octanol–water partition coefficient (Wildman–Crippen LogP) is 3.97. The molecule has 1 amide bonds. The SMILES string of the molecule is O=C(Nc1ccc(Cc2ccncc2)cc1)c1cccnc1Cl. The van der Waals surface area contributed by atoms with Crippen LogP contribution in [0.25, 0.3) is 0 Å². The molecule has 0 saturated heterocycles. The number of benzene rings is 1. The first-order valence-electron chi connectivity index (χ1n) is 7.12. The van der Waals surface area contributed by atoms with Crippen LogP contribution >= 0.6 is 11.6 Å². The Morgan fingerprint density at radius 2 is 1.65 bits per heavy atom. The molecule has 2 aromatic heterocycles. The number of carbonyl (C=O) groups excluding carboxylic acids is 1. The van der Waals surface area contributed by atoms with Crippen molar-refractivity contribution in [3.05, 3.63) is 89.0 Å². The maximum absolute atomic E-state index is 12.2. The first-order chi connectivity index (χ1) is 11.2. The van der Waals surface area contributed by atoms with E-state index in [0.29, 0.717) is 11.3 Å². The highest BCUT2D eigenvalue weighted by molar-refractivity contribution is 6.33. The maximum atomic E-state index is 12.2. The van der Waals surface area contributed by atoms with Crippen LogP contribution in [0.1, 0.15) is 21.5 Å². The lowest BCUT2D eigenvalue weighted by Crippen LogP contribution is -2.12. The third kappa shape index (κ3) is 3.93. The van der Waals surface area contributed by atoms with E-state index in [1.165, 1.54) is 5.56 Å². The summed E-state index contributed by atoms with van der Waals surface area (Å²) < 4.78 is 0. The topological polar surface area (TPSA) is 54.9 Å². The zero-order chi connectivity index (χ0) is 16.1. The van der Waals surface area contributed by atoms with Crippen LogP contribution in [0.4, 0.5) is 5.69 Å². The summed E-state index contributed by atoms with van der Waals surface area (Å²) in [4.78, 5) is 20.1. The predicted molar refractivity (Wildman–Crippen MR) is 90.7 cm³/mol. The van der Waals surface area contributed by atoms with E-state index in [2.05, 4.69) is 15.3 Å². The van der Waals surface area contributed by atoms with Crippen LogP contribution in [0, 0.1) is 0 Å². The lowest BCUT2D eigenvalue weighted by atomic mass is 10.1. The van der Waals surface area contributed by atoms with Gasteiger partial charge in [0.2, 0.25) is 0 Å². The molecule has 3 rings (SSSR count). The molecule has 0 spiro atoms. The van der Waals surface area contributed by atoms with Gasteiger partial charge in [-0.2, -0.15) is 0 Å². The summed E-state index contributed by atoms with van der Waals surface area (Å²) in [6.45, 7) is 0. The minimum atomic E-state index is -0.273. The van der Waals surface area contributed by atoms with Gasteiger partial charge >= 0.3 is 0 Å². The van der Waals surface area contributed by atoms with E-state index in [9.17, 15) is 4.79 Å². The molecule has 1 N–H and O–H groups in total. The van der Waals surface area contributed by atoms with Crippen molar-refractivity contribution < 1.29 is 4.79 Å². The number of carbonyl (C=O) groups is 1. The Hall–Kier alpha value is -2.72. The van der Waals surface area contributed by atoms with Crippen molar-refractivity contribution in [2.45, 2.75) is 6.42 Å². The van der Waals surface area contributed by atoms with Crippen molar-refractivity contribution in [2.24, 2.45) is 0 Å². The smallest absolute Gasteiger partial charge is 0.258 e. The molecule has 2 heterocycles. The summed E-state index contributed by atoms with van der Waals surface area (Å²) in [5.41, 5.74) is 3.43. The molecule has 3 aromatic rings. The van der Waals surface area contributed by atoms with Crippen LogP contribution in [-0.4, -0.2) is 15.9 Å². The van der Waals surface area contributed by atoms with E-state index < -0.39 is 0 Å². The van der Waals surface area contributed by atoms with Crippen LogP contribution < -0.4 is 5.32 Å². The number of amides is 1. The van der Waals surface area contributed by atoms with Gasteiger partial charge in [0.15, 0.2) is 0 Å². The van der Waals surface area contributed by atoms with Gasteiger partial charge in [0.1, 0.15) is 5.15 Å². The monoisotopic (exact) mass is 323 g/mol. The summed E-state index contributed by atoms with van der Waals surface area (Å²) >= 11 is 5.92. The molecule has 4 nitrogen and oxygen atoms in total. The van der Waals surface area contributed by atoms with E-state index in [0.717, 1.165) is 12.0 Å². The van der Waals surface area contributed by atoms with Crippen LogP contribution in [0.2, 0.25) is 5.15 Å². The van der Waals surface area contributed by atoms with Gasteiger partial charge in [-0.25, -0.2) is 4.98 Å². The number of aromatic nitrogens is 2. The summed E-state index contributed by atoms with van der Waals surface area (Å²) in [5.74, 6) is -0.273. The van der Waals surface area contributed by atoms with Crippen molar-refractivity contribution >= 4 is 23.2 Å². The molecule has 0 aliphatic rings. The molecule has 23 heavy (non-hydrogen) atoms. The number of anilines is 1. The molecule has 0 unspecified atom stereocenters. The Bertz CT molecular complexity index is 804. The summed E-state index contributed by atoms with van der Waals surface area (Å²) in [5, 5.41) is 3.01. The molecular weight excluding hydrogens is 310 g/mol. The summed E-state index contributed by atoms with van der Waals surface area (Å²) in [6, 6.07) is 15.0. The summed E-state index contributed by atoms with van der Waals surface area (Å²) in [6.07, 6.45) is 5.93. The number of hydrogen-bond donors (Lipinski definition) is 1. The number of nitrogens with one attached hydrogen (secondary N) is 1. The number of nitrogens with zero attached hydrogens (tertiary/aromatic N) is 2. The van der Waals surface area contributed by atoms with Crippen LogP contribution in [0.3, 0.4) is 0 Å². The van der Waals surface area contributed by atoms with Crippen molar-refractivity contribution in [3.8, 4) is 0 Å². The highest BCUT2D eigenvalue weighted by Crippen LogP contribution is 2.16. The van der Waals surface area contributed by atoms with Gasteiger partial charge in [-0.15, -0.1) is 0 Å². The van der Waals surface area contributed by atoms with Crippen molar-refractivity contribution in [2.75, 3.05) is 5.32 Å². The van der Waals surface area contributed by atoms with Crippen molar-refractivity contribution in [1.82, 2.24) is 9.97 Å². The molecule has 1 aromatic carbocycles. The Morgan fingerprint density at radius 1 is 0.957 bits per heavy atom. The second-order valence-electron chi connectivity index (χ2n) is 5.03. The van der Waals surface area contributed by atoms with E-state index in [-0.39, 0.29) is 11.1 Å². The molecule has 0 fully saturated rings. The molecule has 0 saturated carbocycles. The Labute approximate surface area is 139 Å². The van der Waals surface area contributed by atoms with Gasteiger partial charge in [-0.3, -0.25) is 9.78 Å². The standard InChI is InChI=1S/C18H14ClN3O/c19-17-16(2-1-9-21-17)18(23)22-15-5-3-13(4-6-15)12-14-7-10-20-11-8-14/h1-11H,12H2,(H,22,23). The van der Waals surface area contributed by atoms with E-state index in [1.54, 1.807) is 30.7 Å². The number of halogens is 1. The van der Waals surface area contributed by atoms with E-state index >= 15 is 0 Å². The molecule has 114 valence electrons. The first-order valence-corrected chi connectivity index (χ1v) is 7.50. The fourth-order valence-electron chi connectivity index (χ4n) is 2.20. The zero-order valence-electron chi connectivity index (χ0n) is 12.2. The molecule has 0 aliphatic carbocycles.